The fourth-order valence-electron chi connectivity index (χ4n) is 3.06. The Labute approximate surface area is 137 Å². The molecule has 0 radical (unpaired) electrons. The van der Waals surface area contributed by atoms with Crippen LogP contribution in [0.5, 0.6) is 0 Å². The Bertz CT molecular complexity index is 618. The predicted molar refractivity (Wildman–Crippen MR) is 87.3 cm³/mol. The number of benzene rings is 1. The quantitative estimate of drug-likeness (QED) is 0.851. The van der Waals surface area contributed by atoms with E-state index in [0.29, 0.717) is 19.3 Å². The van der Waals surface area contributed by atoms with E-state index >= 15 is 0 Å². The highest BCUT2D eigenvalue weighted by Crippen LogP contribution is 2.32. The number of aryl methyl sites for hydroxylation is 1. The highest BCUT2D eigenvalue weighted by molar-refractivity contribution is 5.86. The fraction of sp³-hybridized carbons (Fsp3) is 0.556. The first-order chi connectivity index (χ1) is 10.7. The van der Waals surface area contributed by atoms with E-state index < -0.39 is 23.2 Å². The second-order valence-corrected chi connectivity index (χ2v) is 7.09. The number of hydrogen-bond donors (Lipinski definition) is 1. The third-order valence-electron chi connectivity index (χ3n) is 4.12. The number of carbonyl (C=O) groups excluding carboxylic acids is 2. The molecule has 23 heavy (non-hydrogen) atoms. The summed E-state index contributed by atoms with van der Waals surface area (Å²) in [6.45, 7) is 7.43. The summed E-state index contributed by atoms with van der Waals surface area (Å²) in [4.78, 5) is 24.6. The minimum absolute atomic E-state index is 0.413. The van der Waals surface area contributed by atoms with Crippen LogP contribution in [0.3, 0.4) is 0 Å². The van der Waals surface area contributed by atoms with Crippen molar-refractivity contribution in [2.75, 3.05) is 7.11 Å². The lowest BCUT2D eigenvalue weighted by Gasteiger charge is -2.37. The fourth-order valence-corrected chi connectivity index (χ4v) is 3.06. The smallest absolute Gasteiger partial charge is 0.408 e. The molecule has 1 unspecified atom stereocenters. The number of hydrogen-bond acceptors (Lipinski definition) is 4. The molecule has 126 valence electrons. The summed E-state index contributed by atoms with van der Waals surface area (Å²) < 4.78 is 10.3. The zero-order chi connectivity index (χ0) is 17.3. The zero-order valence-corrected chi connectivity index (χ0v) is 14.5. The average Bonchev–Trinajstić information content (AvgIpc) is 2.44. The van der Waals surface area contributed by atoms with E-state index in [1.165, 1.54) is 18.2 Å². The summed E-state index contributed by atoms with van der Waals surface area (Å²) in [6, 6.07) is 6.02. The van der Waals surface area contributed by atoms with E-state index in [9.17, 15) is 9.59 Å². The number of methoxy groups -OCH3 is 1. The molecule has 1 atom stereocenters. The molecule has 1 aliphatic carbocycles. The molecule has 5 heteroatoms. The standard InChI is InChI=1S/C18H25NO4/c1-12-7-6-8-13-11-18(15(20)22-5,10-9-14(12)13)19-16(21)23-17(2,3)4/h6-8H,9-11H2,1-5H3,(H,19,21). The van der Waals surface area contributed by atoms with Crippen molar-refractivity contribution in [3.8, 4) is 0 Å². The van der Waals surface area contributed by atoms with Crippen molar-refractivity contribution in [2.24, 2.45) is 0 Å². The number of esters is 1. The molecule has 0 bridgehead atoms. The number of carbonyl (C=O) groups is 2. The normalized spacial score (nSPS) is 20.4. The van der Waals surface area contributed by atoms with Crippen molar-refractivity contribution in [3.63, 3.8) is 0 Å². The van der Waals surface area contributed by atoms with Crippen LogP contribution in [0.1, 0.15) is 43.9 Å². The van der Waals surface area contributed by atoms with Crippen LogP contribution in [0.15, 0.2) is 18.2 Å². The Balaban J connectivity index is 2.28. The van der Waals surface area contributed by atoms with Gasteiger partial charge in [-0.15, -0.1) is 0 Å². The van der Waals surface area contributed by atoms with E-state index in [-0.39, 0.29) is 0 Å². The molecular formula is C18H25NO4. The van der Waals surface area contributed by atoms with Crippen molar-refractivity contribution >= 4 is 12.1 Å². The minimum atomic E-state index is -1.07. The van der Waals surface area contributed by atoms with Crippen molar-refractivity contribution in [1.82, 2.24) is 5.32 Å². The van der Waals surface area contributed by atoms with Gasteiger partial charge in [0.25, 0.3) is 0 Å². The highest BCUT2D eigenvalue weighted by Gasteiger charge is 2.44. The summed E-state index contributed by atoms with van der Waals surface area (Å²) in [5, 5.41) is 2.76. The maximum Gasteiger partial charge on any atom is 0.408 e. The molecule has 0 aromatic heterocycles. The zero-order valence-electron chi connectivity index (χ0n) is 14.5. The molecular weight excluding hydrogens is 294 g/mol. The van der Waals surface area contributed by atoms with Crippen LogP contribution in [-0.2, 0) is 27.1 Å². The lowest BCUT2D eigenvalue weighted by atomic mass is 9.76. The maximum absolute atomic E-state index is 12.4. The van der Waals surface area contributed by atoms with Gasteiger partial charge in [-0.1, -0.05) is 18.2 Å². The first-order valence-electron chi connectivity index (χ1n) is 7.84. The van der Waals surface area contributed by atoms with Gasteiger partial charge < -0.3 is 14.8 Å². The summed E-state index contributed by atoms with van der Waals surface area (Å²) in [6.07, 6.45) is 1.03. The second kappa shape index (κ2) is 6.22. The van der Waals surface area contributed by atoms with Crippen LogP contribution in [-0.4, -0.2) is 30.3 Å². The average molecular weight is 319 g/mol. The highest BCUT2D eigenvalue weighted by atomic mass is 16.6. The van der Waals surface area contributed by atoms with Gasteiger partial charge in [0.2, 0.25) is 0 Å². The number of rotatable bonds is 2. The van der Waals surface area contributed by atoms with Gasteiger partial charge in [0.05, 0.1) is 7.11 Å². The van der Waals surface area contributed by atoms with E-state index in [2.05, 4.69) is 18.3 Å². The molecule has 0 fully saturated rings. The maximum atomic E-state index is 12.4. The van der Waals surface area contributed by atoms with Gasteiger partial charge in [0, 0.05) is 6.42 Å². The Morgan fingerprint density at radius 3 is 2.57 bits per heavy atom. The summed E-state index contributed by atoms with van der Waals surface area (Å²) in [5.74, 6) is -0.435. The van der Waals surface area contributed by atoms with Crippen LogP contribution in [0.25, 0.3) is 0 Å². The van der Waals surface area contributed by atoms with E-state index in [4.69, 9.17) is 9.47 Å². The molecule has 2 rings (SSSR count). The Morgan fingerprint density at radius 1 is 1.26 bits per heavy atom. The van der Waals surface area contributed by atoms with Gasteiger partial charge in [-0.25, -0.2) is 9.59 Å². The third kappa shape index (κ3) is 3.84. The first-order valence-corrected chi connectivity index (χ1v) is 7.84. The van der Waals surface area contributed by atoms with E-state index in [1.54, 1.807) is 20.8 Å². The number of nitrogens with one attached hydrogen (secondary N) is 1. The first kappa shape index (κ1) is 17.3. The molecule has 5 nitrogen and oxygen atoms in total. The number of ether oxygens (including phenoxy) is 2. The van der Waals surface area contributed by atoms with Gasteiger partial charge in [0.15, 0.2) is 0 Å². The number of fused-ring (bicyclic) bond motifs is 1. The lowest BCUT2D eigenvalue weighted by Crippen LogP contribution is -2.59. The Morgan fingerprint density at radius 2 is 1.96 bits per heavy atom. The third-order valence-corrected chi connectivity index (χ3v) is 4.12. The van der Waals surface area contributed by atoms with E-state index in [0.717, 1.165) is 5.56 Å². The van der Waals surface area contributed by atoms with Gasteiger partial charge in [0.1, 0.15) is 11.1 Å². The van der Waals surface area contributed by atoms with Crippen molar-refractivity contribution in [1.29, 1.82) is 0 Å². The molecule has 0 heterocycles. The van der Waals surface area contributed by atoms with Crippen LogP contribution in [0, 0.1) is 6.92 Å². The van der Waals surface area contributed by atoms with Gasteiger partial charge in [-0.3, -0.25) is 0 Å². The van der Waals surface area contributed by atoms with E-state index in [1.807, 2.05) is 12.1 Å². The molecule has 1 amide bonds. The molecule has 0 saturated heterocycles. The SMILES string of the molecule is COC(=O)C1(NC(=O)OC(C)(C)C)CCc2c(C)cccc2C1. The van der Waals surface area contributed by atoms with Crippen LogP contribution >= 0.6 is 0 Å². The Kier molecular flexibility index (Phi) is 4.68. The second-order valence-electron chi connectivity index (χ2n) is 7.09. The van der Waals surface area contributed by atoms with Gasteiger partial charge in [-0.2, -0.15) is 0 Å². The number of alkyl carbamates (subject to hydrolysis) is 1. The largest absolute Gasteiger partial charge is 0.467 e. The van der Waals surface area contributed by atoms with Gasteiger partial charge >= 0.3 is 12.1 Å². The molecule has 1 N–H and O–H groups in total. The predicted octanol–water partition coefficient (Wildman–Crippen LogP) is 2.92. The molecule has 1 aliphatic rings. The summed E-state index contributed by atoms with van der Waals surface area (Å²) >= 11 is 0. The number of amides is 1. The Hall–Kier alpha value is -2.04. The minimum Gasteiger partial charge on any atom is -0.467 e. The van der Waals surface area contributed by atoms with Gasteiger partial charge in [-0.05, 0) is 57.2 Å². The van der Waals surface area contributed by atoms with Crippen LogP contribution in [0.2, 0.25) is 0 Å². The van der Waals surface area contributed by atoms with Crippen molar-refractivity contribution in [2.45, 2.75) is 58.1 Å². The topological polar surface area (TPSA) is 64.6 Å². The van der Waals surface area contributed by atoms with Crippen LogP contribution in [0.4, 0.5) is 4.79 Å². The van der Waals surface area contributed by atoms with Crippen molar-refractivity contribution in [3.05, 3.63) is 34.9 Å². The molecule has 0 spiro atoms. The molecule has 1 aromatic rings. The monoisotopic (exact) mass is 319 g/mol. The molecule has 0 aliphatic heterocycles. The summed E-state index contributed by atoms with van der Waals surface area (Å²) in [7, 11) is 1.34. The summed E-state index contributed by atoms with van der Waals surface area (Å²) in [5.41, 5.74) is 1.83. The molecule has 1 aromatic carbocycles. The lowest BCUT2D eigenvalue weighted by molar-refractivity contribution is -0.149. The van der Waals surface area contributed by atoms with Crippen molar-refractivity contribution < 1.29 is 19.1 Å². The molecule has 0 saturated carbocycles. The van der Waals surface area contributed by atoms with Crippen LogP contribution < -0.4 is 5.32 Å².